The van der Waals surface area contributed by atoms with Gasteiger partial charge in [-0.3, -0.25) is 10.2 Å². The van der Waals surface area contributed by atoms with Gasteiger partial charge in [-0.15, -0.1) is 0 Å². The van der Waals surface area contributed by atoms with E-state index in [4.69, 9.17) is 10.6 Å². The molecule has 1 aromatic carbocycles. The lowest BCUT2D eigenvalue weighted by Gasteiger charge is -2.22. The molecule has 0 aliphatic heterocycles. The van der Waals surface area contributed by atoms with Gasteiger partial charge in [0.2, 0.25) is 5.91 Å². The molecule has 0 aromatic heterocycles. The molecule has 0 atom stereocenters. The van der Waals surface area contributed by atoms with E-state index in [1.54, 1.807) is 26.0 Å². The number of sulfone groups is 1. The van der Waals surface area contributed by atoms with Gasteiger partial charge in [0.1, 0.15) is 12.4 Å². The third kappa shape index (κ3) is 4.22. The van der Waals surface area contributed by atoms with Crippen LogP contribution in [0.5, 0.6) is 5.75 Å². The first-order chi connectivity index (χ1) is 8.66. The van der Waals surface area contributed by atoms with Gasteiger partial charge in [-0.25, -0.2) is 14.3 Å². The highest BCUT2D eigenvalue weighted by Gasteiger charge is 2.27. The minimum Gasteiger partial charge on any atom is -0.492 e. The van der Waals surface area contributed by atoms with Crippen LogP contribution in [0.25, 0.3) is 0 Å². The molecule has 0 radical (unpaired) electrons. The Morgan fingerprint density at radius 1 is 1.32 bits per heavy atom. The van der Waals surface area contributed by atoms with Gasteiger partial charge in [-0.05, 0) is 38.1 Å². The number of carbonyl (C=O) groups is 1. The molecule has 0 spiro atoms. The Kier molecular flexibility index (Phi) is 4.54. The maximum atomic E-state index is 11.4. The minimum atomic E-state index is -3.22. The molecular formula is C12H18N2O4S. The molecule has 0 bridgehead atoms. The van der Waals surface area contributed by atoms with Crippen LogP contribution in [-0.2, 0) is 14.6 Å². The van der Waals surface area contributed by atoms with Crippen molar-refractivity contribution in [2.24, 2.45) is 11.3 Å². The lowest BCUT2D eigenvalue weighted by Crippen LogP contribution is -2.44. The van der Waals surface area contributed by atoms with E-state index in [9.17, 15) is 13.2 Å². The highest BCUT2D eigenvalue weighted by molar-refractivity contribution is 7.90. The third-order valence-electron chi connectivity index (χ3n) is 2.60. The van der Waals surface area contributed by atoms with Crippen LogP contribution in [0, 0.1) is 5.41 Å². The Morgan fingerprint density at radius 2 is 1.84 bits per heavy atom. The van der Waals surface area contributed by atoms with Gasteiger partial charge in [0, 0.05) is 6.26 Å². The lowest BCUT2D eigenvalue weighted by atomic mass is 9.94. The van der Waals surface area contributed by atoms with E-state index < -0.39 is 15.3 Å². The first kappa shape index (κ1) is 15.5. The molecule has 3 N–H and O–H groups in total. The van der Waals surface area contributed by atoms with Crippen LogP contribution in [-0.4, -0.2) is 27.2 Å². The second-order valence-corrected chi connectivity index (χ2v) is 6.91. The number of hydrogen-bond donors (Lipinski definition) is 2. The fourth-order valence-electron chi connectivity index (χ4n) is 1.31. The Morgan fingerprint density at radius 3 is 2.26 bits per heavy atom. The van der Waals surface area contributed by atoms with Crippen LogP contribution < -0.4 is 16.0 Å². The average Bonchev–Trinajstić information content (AvgIpc) is 2.35. The maximum absolute atomic E-state index is 11.4. The van der Waals surface area contributed by atoms with Crippen LogP contribution in [0.4, 0.5) is 0 Å². The SMILES string of the molecule is CC(C)(COc1ccc(S(C)(=O)=O)cc1)C(=O)NN. The van der Waals surface area contributed by atoms with Crippen molar-refractivity contribution in [3.63, 3.8) is 0 Å². The summed E-state index contributed by atoms with van der Waals surface area (Å²) in [6.45, 7) is 3.52. The minimum absolute atomic E-state index is 0.133. The van der Waals surface area contributed by atoms with Gasteiger partial charge in [-0.1, -0.05) is 0 Å². The third-order valence-corrected chi connectivity index (χ3v) is 3.73. The smallest absolute Gasteiger partial charge is 0.242 e. The van der Waals surface area contributed by atoms with Gasteiger partial charge in [-0.2, -0.15) is 0 Å². The van der Waals surface area contributed by atoms with E-state index in [0.29, 0.717) is 5.75 Å². The number of ether oxygens (including phenoxy) is 1. The standard InChI is InChI=1S/C12H18N2O4S/c1-12(2,11(15)14-13)8-18-9-4-6-10(7-5-9)19(3,16)17/h4-7H,8,13H2,1-3H3,(H,14,15). The van der Waals surface area contributed by atoms with Gasteiger partial charge < -0.3 is 4.74 Å². The number of hydrazine groups is 1. The molecule has 19 heavy (non-hydrogen) atoms. The zero-order valence-corrected chi connectivity index (χ0v) is 12.0. The summed E-state index contributed by atoms with van der Waals surface area (Å²) in [5.74, 6) is 5.23. The van der Waals surface area contributed by atoms with Gasteiger partial charge in [0.05, 0.1) is 10.3 Å². The summed E-state index contributed by atoms with van der Waals surface area (Å²) < 4.78 is 28.0. The van der Waals surface area contributed by atoms with E-state index in [1.807, 2.05) is 0 Å². The summed E-state index contributed by atoms with van der Waals surface area (Å²) in [5, 5.41) is 0. The molecule has 0 aliphatic carbocycles. The molecule has 7 heteroatoms. The van der Waals surface area contributed by atoms with Gasteiger partial charge >= 0.3 is 0 Å². The first-order valence-electron chi connectivity index (χ1n) is 5.61. The number of amides is 1. The van der Waals surface area contributed by atoms with Crippen molar-refractivity contribution in [3.8, 4) is 5.75 Å². The molecule has 0 fully saturated rings. The van der Waals surface area contributed by atoms with E-state index in [-0.39, 0.29) is 17.4 Å². The number of rotatable bonds is 5. The molecule has 1 amide bonds. The normalized spacial score (nSPS) is 12.0. The Bertz CT molecular complexity index is 550. The molecule has 0 heterocycles. The quantitative estimate of drug-likeness (QED) is 0.466. The summed E-state index contributed by atoms with van der Waals surface area (Å²) in [7, 11) is -3.22. The maximum Gasteiger partial charge on any atom is 0.242 e. The molecule has 0 aliphatic rings. The summed E-state index contributed by atoms with van der Waals surface area (Å²) in [5.41, 5.74) is 1.30. The molecule has 1 rings (SSSR count). The average molecular weight is 286 g/mol. The zero-order chi connectivity index (χ0) is 14.7. The Hall–Kier alpha value is -1.60. The van der Waals surface area contributed by atoms with E-state index in [0.717, 1.165) is 6.26 Å². The fourth-order valence-corrected chi connectivity index (χ4v) is 1.94. The molecular weight excluding hydrogens is 268 g/mol. The topological polar surface area (TPSA) is 98.5 Å². The van der Waals surface area contributed by atoms with Crippen molar-refractivity contribution in [1.82, 2.24) is 5.43 Å². The number of carbonyl (C=O) groups excluding carboxylic acids is 1. The largest absolute Gasteiger partial charge is 0.492 e. The second-order valence-electron chi connectivity index (χ2n) is 4.89. The van der Waals surface area contributed by atoms with Crippen molar-refractivity contribution >= 4 is 15.7 Å². The molecule has 0 unspecified atom stereocenters. The summed E-state index contributed by atoms with van der Waals surface area (Å²) in [6, 6.07) is 6.01. The van der Waals surface area contributed by atoms with Crippen LogP contribution >= 0.6 is 0 Å². The van der Waals surface area contributed by atoms with Gasteiger partial charge in [0.25, 0.3) is 0 Å². The number of benzene rings is 1. The van der Waals surface area contributed by atoms with Crippen LogP contribution in [0.15, 0.2) is 29.2 Å². The number of nitrogens with one attached hydrogen (secondary N) is 1. The Balaban J connectivity index is 2.72. The van der Waals surface area contributed by atoms with Crippen LogP contribution in [0.2, 0.25) is 0 Å². The highest BCUT2D eigenvalue weighted by atomic mass is 32.2. The summed E-state index contributed by atoms with van der Waals surface area (Å²) >= 11 is 0. The molecule has 0 saturated heterocycles. The van der Waals surface area contributed by atoms with E-state index in [2.05, 4.69) is 5.43 Å². The molecule has 6 nitrogen and oxygen atoms in total. The lowest BCUT2D eigenvalue weighted by molar-refractivity contribution is -0.130. The first-order valence-corrected chi connectivity index (χ1v) is 7.50. The predicted octanol–water partition coefficient (Wildman–Crippen LogP) is 0.485. The van der Waals surface area contributed by atoms with Crippen molar-refractivity contribution in [3.05, 3.63) is 24.3 Å². The van der Waals surface area contributed by atoms with Crippen molar-refractivity contribution in [2.75, 3.05) is 12.9 Å². The van der Waals surface area contributed by atoms with Crippen molar-refractivity contribution < 1.29 is 17.9 Å². The predicted molar refractivity (Wildman–Crippen MR) is 71.2 cm³/mol. The zero-order valence-electron chi connectivity index (χ0n) is 11.1. The molecule has 0 saturated carbocycles. The summed E-state index contributed by atoms with van der Waals surface area (Å²) in [6.07, 6.45) is 1.14. The monoisotopic (exact) mass is 286 g/mol. The molecule has 106 valence electrons. The highest BCUT2D eigenvalue weighted by Crippen LogP contribution is 2.20. The number of hydrogen-bond acceptors (Lipinski definition) is 5. The molecule has 1 aromatic rings. The fraction of sp³-hybridized carbons (Fsp3) is 0.417. The Labute approximate surface area is 112 Å². The van der Waals surface area contributed by atoms with Crippen molar-refractivity contribution in [2.45, 2.75) is 18.7 Å². The van der Waals surface area contributed by atoms with Gasteiger partial charge in [0.15, 0.2) is 9.84 Å². The van der Waals surface area contributed by atoms with Crippen LogP contribution in [0.1, 0.15) is 13.8 Å². The second kappa shape index (κ2) is 5.58. The van der Waals surface area contributed by atoms with E-state index in [1.165, 1.54) is 12.1 Å². The van der Waals surface area contributed by atoms with Crippen LogP contribution in [0.3, 0.4) is 0 Å². The number of nitrogens with two attached hydrogens (primary N) is 1. The summed E-state index contributed by atoms with van der Waals surface area (Å²) in [4.78, 5) is 11.7. The van der Waals surface area contributed by atoms with Crippen molar-refractivity contribution in [1.29, 1.82) is 0 Å². The van der Waals surface area contributed by atoms with E-state index >= 15 is 0 Å².